The minimum Gasteiger partial charge on any atom is -0.489 e. The summed E-state index contributed by atoms with van der Waals surface area (Å²) in [4.78, 5) is 4.53. The Bertz CT molecular complexity index is 1200. The second-order valence-electron chi connectivity index (χ2n) is 6.56. The van der Waals surface area contributed by atoms with E-state index >= 15 is 0 Å². The lowest BCUT2D eigenvalue weighted by molar-refractivity contribution is 0.306. The van der Waals surface area contributed by atoms with Gasteiger partial charge < -0.3 is 4.74 Å². The molecule has 6 heteroatoms. The third-order valence-electron chi connectivity index (χ3n) is 4.57. The third kappa shape index (κ3) is 4.62. The number of ether oxygens (including phenoxy) is 1. The smallest absolute Gasteiger partial charge is 0.240 e. The molecule has 0 spiro atoms. The van der Waals surface area contributed by atoms with Crippen LogP contribution in [0.25, 0.3) is 10.9 Å². The summed E-state index contributed by atoms with van der Waals surface area (Å²) in [6.45, 7) is 0.574. The quantitative estimate of drug-likeness (QED) is 0.499. The minimum absolute atomic E-state index is 0.199. The SMILES string of the molecule is O=S(=O)(NCc1ccnc2ccccc12)c1ccc(COc2ccccc2)cc1. The Hall–Kier alpha value is -3.22. The van der Waals surface area contributed by atoms with Crippen LogP contribution in [-0.2, 0) is 23.2 Å². The van der Waals surface area contributed by atoms with Crippen molar-refractivity contribution in [2.45, 2.75) is 18.0 Å². The van der Waals surface area contributed by atoms with E-state index in [9.17, 15) is 8.42 Å². The fourth-order valence-corrected chi connectivity index (χ4v) is 4.02. The van der Waals surface area contributed by atoms with Crippen LogP contribution in [0.2, 0.25) is 0 Å². The van der Waals surface area contributed by atoms with E-state index in [1.807, 2.05) is 60.7 Å². The largest absolute Gasteiger partial charge is 0.489 e. The van der Waals surface area contributed by atoms with E-state index in [1.54, 1.807) is 30.5 Å². The summed E-state index contributed by atoms with van der Waals surface area (Å²) in [5, 5.41) is 0.936. The molecule has 0 aliphatic rings. The number of nitrogens with zero attached hydrogens (tertiary/aromatic N) is 1. The molecule has 3 aromatic carbocycles. The molecule has 0 fully saturated rings. The molecule has 0 atom stereocenters. The molecule has 0 saturated heterocycles. The maximum atomic E-state index is 12.7. The van der Waals surface area contributed by atoms with Crippen molar-refractivity contribution in [3.8, 4) is 5.75 Å². The van der Waals surface area contributed by atoms with Crippen LogP contribution in [0, 0.1) is 0 Å². The predicted molar refractivity (Wildman–Crippen MR) is 113 cm³/mol. The molecule has 4 aromatic rings. The van der Waals surface area contributed by atoms with Crippen molar-refractivity contribution >= 4 is 20.9 Å². The summed E-state index contributed by atoms with van der Waals surface area (Å²) in [6, 6.07) is 25.7. The Morgan fingerprint density at radius 2 is 1.55 bits per heavy atom. The van der Waals surface area contributed by atoms with Crippen LogP contribution in [0.5, 0.6) is 5.75 Å². The standard InChI is InChI=1S/C23H20N2O3S/c26-29(27,25-16-19-14-15-24-23-9-5-4-8-22(19)23)21-12-10-18(11-13-21)17-28-20-6-2-1-3-7-20/h1-15,25H,16-17H2. The van der Waals surface area contributed by atoms with E-state index in [-0.39, 0.29) is 11.4 Å². The fourth-order valence-electron chi connectivity index (χ4n) is 3.01. The van der Waals surface area contributed by atoms with Crippen molar-refractivity contribution in [2.75, 3.05) is 0 Å². The van der Waals surface area contributed by atoms with Gasteiger partial charge in [0, 0.05) is 18.1 Å². The molecule has 0 saturated carbocycles. The topological polar surface area (TPSA) is 68.3 Å². The van der Waals surface area contributed by atoms with Crippen molar-refractivity contribution < 1.29 is 13.2 Å². The maximum Gasteiger partial charge on any atom is 0.240 e. The number of rotatable bonds is 7. The molecule has 146 valence electrons. The molecule has 0 aliphatic carbocycles. The highest BCUT2D eigenvalue weighted by molar-refractivity contribution is 7.89. The summed E-state index contributed by atoms with van der Waals surface area (Å²) in [5.74, 6) is 0.774. The molecule has 0 radical (unpaired) electrons. The number of aromatic nitrogens is 1. The van der Waals surface area contributed by atoms with E-state index in [4.69, 9.17) is 4.74 Å². The molecule has 0 unspecified atom stereocenters. The lowest BCUT2D eigenvalue weighted by Crippen LogP contribution is -2.23. The second kappa shape index (κ2) is 8.43. The highest BCUT2D eigenvalue weighted by Gasteiger charge is 2.14. The zero-order valence-corrected chi connectivity index (χ0v) is 16.5. The summed E-state index contributed by atoms with van der Waals surface area (Å²) in [7, 11) is -3.62. The van der Waals surface area contributed by atoms with Gasteiger partial charge in [0.2, 0.25) is 10.0 Å². The van der Waals surface area contributed by atoms with E-state index in [0.29, 0.717) is 6.61 Å². The van der Waals surface area contributed by atoms with E-state index in [0.717, 1.165) is 27.8 Å². The normalized spacial score (nSPS) is 11.4. The first kappa shape index (κ1) is 19.1. The van der Waals surface area contributed by atoms with Gasteiger partial charge in [-0.15, -0.1) is 0 Å². The highest BCUT2D eigenvalue weighted by atomic mass is 32.2. The Kier molecular flexibility index (Phi) is 5.55. The maximum absolute atomic E-state index is 12.7. The molecule has 29 heavy (non-hydrogen) atoms. The van der Waals surface area contributed by atoms with Crippen LogP contribution in [-0.4, -0.2) is 13.4 Å². The molecule has 0 amide bonds. The second-order valence-corrected chi connectivity index (χ2v) is 8.32. The Balaban J connectivity index is 1.43. The first-order valence-electron chi connectivity index (χ1n) is 9.21. The first-order chi connectivity index (χ1) is 14.1. The van der Waals surface area contributed by atoms with Crippen molar-refractivity contribution in [1.82, 2.24) is 9.71 Å². The fraction of sp³-hybridized carbons (Fsp3) is 0.0870. The molecular formula is C23H20N2O3S. The third-order valence-corrected chi connectivity index (χ3v) is 5.99. The number of fused-ring (bicyclic) bond motifs is 1. The van der Waals surface area contributed by atoms with Gasteiger partial charge in [-0.3, -0.25) is 4.98 Å². The summed E-state index contributed by atoms with van der Waals surface area (Å²) in [6.07, 6.45) is 1.69. The molecule has 4 rings (SSSR count). The van der Waals surface area contributed by atoms with Gasteiger partial charge in [0.05, 0.1) is 10.4 Å². The van der Waals surface area contributed by atoms with E-state index in [2.05, 4.69) is 9.71 Å². The average Bonchev–Trinajstić information content (AvgIpc) is 2.77. The van der Waals surface area contributed by atoms with Crippen LogP contribution in [0.15, 0.2) is 96.0 Å². The predicted octanol–water partition coefficient (Wildman–Crippen LogP) is 4.29. The van der Waals surface area contributed by atoms with Gasteiger partial charge in [-0.25, -0.2) is 13.1 Å². The zero-order chi connectivity index (χ0) is 20.1. The monoisotopic (exact) mass is 404 g/mol. The Morgan fingerprint density at radius 1 is 0.828 bits per heavy atom. The van der Waals surface area contributed by atoms with Crippen molar-refractivity contribution in [2.24, 2.45) is 0 Å². The van der Waals surface area contributed by atoms with Gasteiger partial charge in [-0.05, 0) is 47.5 Å². The summed E-state index contributed by atoms with van der Waals surface area (Å²) in [5.41, 5.74) is 2.62. The molecule has 1 N–H and O–H groups in total. The molecule has 1 aromatic heterocycles. The van der Waals surface area contributed by atoms with E-state index in [1.165, 1.54) is 0 Å². The number of nitrogens with one attached hydrogen (secondary N) is 1. The van der Waals surface area contributed by atoms with Crippen LogP contribution < -0.4 is 9.46 Å². The Morgan fingerprint density at radius 3 is 2.34 bits per heavy atom. The minimum atomic E-state index is -3.62. The van der Waals surface area contributed by atoms with Crippen molar-refractivity contribution in [1.29, 1.82) is 0 Å². The first-order valence-corrected chi connectivity index (χ1v) is 10.7. The van der Waals surface area contributed by atoms with Gasteiger partial charge in [0.1, 0.15) is 12.4 Å². The number of para-hydroxylation sites is 2. The lowest BCUT2D eigenvalue weighted by atomic mass is 10.1. The molecule has 5 nitrogen and oxygen atoms in total. The van der Waals surface area contributed by atoms with Crippen molar-refractivity contribution in [3.05, 3.63) is 102 Å². The number of benzene rings is 3. The summed E-state index contributed by atoms with van der Waals surface area (Å²) < 4.78 is 33.7. The molecule has 0 bridgehead atoms. The van der Waals surface area contributed by atoms with Crippen LogP contribution in [0.3, 0.4) is 0 Å². The van der Waals surface area contributed by atoms with Crippen LogP contribution in [0.4, 0.5) is 0 Å². The highest BCUT2D eigenvalue weighted by Crippen LogP contribution is 2.18. The summed E-state index contributed by atoms with van der Waals surface area (Å²) >= 11 is 0. The van der Waals surface area contributed by atoms with Crippen LogP contribution in [0.1, 0.15) is 11.1 Å². The number of sulfonamides is 1. The number of hydrogen-bond acceptors (Lipinski definition) is 4. The molecule has 0 aliphatic heterocycles. The number of hydrogen-bond donors (Lipinski definition) is 1. The molecular weight excluding hydrogens is 384 g/mol. The van der Waals surface area contributed by atoms with Gasteiger partial charge >= 0.3 is 0 Å². The van der Waals surface area contributed by atoms with Gasteiger partial charge in [-0.1, -0.05) is 48.5 Å². The van der Waals surface area contributed by atoms with Gasteiger partial charge in [-0.2, -0.15) is 0 Å². The van der Waals surface area contributed by atoms with Gasteiger partial charge in [0.25, 0.3) is 0 Å². The van der Waals surface area contributed by atoms with Crippen molar-refractivity contribution in [3.63, 3.8) is 0 Å². The molecule has 1 heterocycles. The Labute approximate surface area is 170 Å². The van der Waals surface area contributed by atoms with E-state index < -0.39 is 10.0 Å². The van der Waals surface area contributed by atoms with Gasteiger partial charge in [0.15, 0.2) is 0 Å². The number of pyridine rings is 1. The lowest BCUT2D eigenvalue weighted by Gasteiger charge is -2.10. The average molecular weight is 404 g/mol. The zero-order valence-electron chi connectivity index (χ0n) is 15.7. The van der Waals surface area contributed by atoms with Crippen LogP contribution >= 0.6 is 0 Å².